The first-order valence-electron chi connectivity index (χ1n) is 9.49. The highest BCUT2D eigenvalue weighted by Gasteiger charge is 2.55. The van der Waals surface area contributed by atoms with Gasteiger partial charge in [0.05, 0.1) is 5.54 Å². The molecular formula is C22H31NO2. The van der Waals surface area contributed by atoms with E-state index in [1.54, 1.807) is 0 Å². The molecule has 1 saturated carbocycles. The van der Waals surface area contributed by atoms with Crippen LogP contribution in [0.2, 0.25) is 0 Å². The fourth-order valence-electron chi connectivity index (χ4n) is 5.03. The monoisotopic (exact) mass is 341 g/mol. The molecule has 0 bridgehead atoms. The maximum absolute atomic E-state index is 13.5. The smallest absolute Gasteiger partial charge is 0.235 e. The van der Waals surface area contributed by atoms with E-state index >= 15 is 0 Å². The van der Waals surface area contributed by atoms with Crippen molar-refractivity contribution in [1.82, 2.24) is 5.32 Å². The number of ketones is 1. The van der Waals surface area contributed by atoms with Crippen molar-refractivity contribution in [1.29, 1.82) is 0 Å². The highest BCUT2D eigenvalue weighted by atomic mass is 16.2. The number of aryl methyl sites for hydroxylation is 3. The Balaban J connectivity index is 1.99. The van der Waals surface area contributed by atoms with Gasteiger partial charge in [0, 0.05) is 0 Å². The molecule has 1 spiro atoms. The van der Waals surface area contributed by atoms with E-state index in [1.165, 1.54) is 5.56 Å². The normalized spacial score (nSPS) is 30.0. The summed E-state index contributed by atoms with van der Waals surface area (Å²) in [5.41, 5.74) is 3.69. The first-order valence-corrected chi connectivity index (χ1v) is 9.49. The lowest BCUT2D eigenvalue weighted by molar-refractivity contribution is -0.126. The number of amides is 1. The number of hydrogen-bond acceptors (Lipinski definition) is 2. The highest BCUT2D eigenvalue weighted by Crippen LogP contribution is 2.47. The van der Waals surface area contributed by atoms with E-state index in [0.29, 0.717) is 5.92 Å². The van der Waals surface area contributed by atoms with E-state index in [2.05, 4.69) is 45.1 Å². The molecular weight excluding hydrogens is 310 g/mol. The van der Waals surface area contributed by atoms with Gasteiger partial charge in [-0.05, 0) is 68.1 Å². The Morgan fingerprint density at radius 1 is 1.08 bits per heavy atom. The molecule has 1 aromatic rings. The van der Waals surface area contributed by atoms with Crippen molar-refractivity contribution in [2.45, 2.75) is 78.7 Å². The van der Waals surface area contributed by atoms with Crippen molar-refractivity contribution < 1.29 is 9.59 Å². The maximum atomic E-state index is 13.5. The third kappa shape index (κ3) is 3.02. The second-order valence-electron chi connectivity index (χ2n) is 9.34. The minimum atomic E-state index is -0.651. The van der Waals surface area contributed by atoms with Crippen LogP contribution in [-0.2, 0) is 9.59 Å². The molecule has 0 radical (unpaired) electrons. The van der Waals surface area contributed by atoms with Gasteiger partial charge < -0.3 is 5.32 Å². The van der Waals surface area contributed by atoms with Gasteiger partial charge in [0.25, 0.3) is 0 Å². The van der Waals surface area contributed by atoms with Crippen LogP contribution >= 0.6 is 0 Å². The number of benzene rings is 1. The molecule has 1 amide bonds. The van der Waals surface area contributed by atoms with Gasteiger partial charge in [-0.1, -0.05) is 44.9 Å². The zero-order valence-corrected chi connectivity index (χ0v) is 16.5. The standard InChI is InChI=1S/C22H31NO2/c1-13-10-14(2)17(15(3)11-13)18-19(24)22(23-20(18)25)9-7-8-16(12-22)21(4,5)6/h10-11,16,18H,7-9,12H2,1-6H3,(H,23,25). The molecule has 2 fully saturated rings. The molecule has 25 heavy (non-hydrogen) atoms. The van der Waals surface area contributed by atoms with Gasteiger partial charge >= 0.3 is 0 Å². The van der Waals surface area contributed by atoms with Crippen molar-refractivity contribution >= 4 is 11.7 Å². The molecule has 1 N–H and O–H groups in total. The second-order valence-corrected chi connectivity index (χ2v) is 9.34. The molecule has 1 aromatic carbocycles. The van der Waals surface area contributed by atoms with Crippen LogP contribution in [-0.4, -0.2) is 17.2 Å². The summed E-state index contributed by atoms with van der Waals surface area (Å²) in [7, 11) is 0. The SMILES string of the molecule is Cc1cc(C)c(C2C(=O)NC3(CCCC(C(C)(C)C)C3)C2=O)c(C)c1. The molecule has 0 aromatic heterocycles. The predicted molar refractivity (Wildman–Crippen MR) is 101 cm³/mol. The van der Waals surface area contributed by atoms with Gasteiger partial charge in [-0.2, -0.15) is 0 Å². The zero-order chi connectivity index (χ0) is 18.6. The Morgan fingerprint density at radius 3 is 2.24 bits per heavy atom. The summed E-state index contributed by atoms with van der Waals surface area (Å²) in [5.74, 6) is -0.181. The Bertz CT molecular complexity index is 705. The van der Waals surface area contributed by atoms with Crippen LogP contribution in [0.1, 0.15) is 74.6 Å². The van der Waals surface area contributed by atoms with E-state index in [9.17, 15) is 9.59 Å². The first-order chi connectivity index (χ1) is 11.5. The van der Waals surface area contributed by atoms with Crippen LogP contribution in [0, 0.1) is 32.1 Å². The third-order valence-corrected chi connectivity index (χ3v) is 6.36. The van der Waals surface area contributed by atoms with E-state index in [-0.39, 0.29) is 17.1 Å². The van der Waals surface area contributed by atoms with Crippen LogP contribution in [0.3, 0.4) is 0 Å². The number of hydrogen-bond donors (Lipinski definition) is 1. The summed E-state index contributed by atoms with van der Waals surface area (Å²) in [6, 6.07) is 4.15. The summed E-state index contributed by atoms with van der Waals surface area (Å²) in [4.78, 5) is 26.3. The highest BCUT2D eigenvalue weighted by molar-refractivity contribution is 6.17. The lowest BCUT2D eigenvalue weighted by Crippen LogP contribution is -2.51. The molecule has 2 aliphatic rings. The Kier molecular flexibility index (Phi) is 4.33. The van der Waals surface area contributed by atoms with Crippen LogP contribution < -0.4 is 5.32 Å². The topological polar surface area (TPSA) is 46.2 Å². The zero-order valence-electron chi connectivity index (χ0n) is 16.5. The molecule has 3 rings (SSSR count). The predicted octanol–water partition coefficient (Wildman–Crippen LogP) is 4.37. The fourth-order valence-corrected chi connectivity index (χ4v) is 5.03. The van der Waals surface area contributed by atoms with Crippen LogP contribution in [0.5, 0.6) is 0 Å². The third-order valence-electron chi connectivity index (χ3n) is 6.36. The van der Waals surface area contributed by atoms with Crippen molar-refractivity contribution in [2.24, 2.45) is 11.3 Å². The average molecular weight is 341 g/mol. The molecule has 1 aliphatic heterocycles. The summed E-state index contributed by atoms with van der Waals surface area (Å²) < 4.78 is 0. The van der Waals surface area contributed by atoms with Crippen molar-refractivity contribution in [2.75, 3.05) is 0 Å². The number of carbonyl (C=O) groups excluding carboxylic acids is 2. The van der Waals surface area contributed by atoms with Gasteiger partial charge in [0.2, 0.25) is 5.91 Å². The maximum Gasteiger partial charge on any atom is 0.235 e. The molecule has 136 valence electrons. The molecule has 1 aliphatic carbocycles. The number of rotatable bonds is 1. The minimum Gasteiger partial charge on any atom is -0.343 e. The van der Waals surface area contributed by atoms with Gasteiger partial charge in [-0.25, -0.2) is 0 Å². The number of Topliss-reactive ketones (excluding diaryl/α,β-unsaturated/α-hetero) is 1. The van der Waals surface area contributed by atoms with E-state index in [4.69, 9.17) is 0 Å². The minimum absolute atomic E-state index is 0.0986. The van der Waals surface area contributed by atoms with Gasteiger partial charge in [-0.3, -0.25) is 9.59 Å². The fraction of sp³-hybridized carbons (Fsp3) is 0.636. The van der Waals surface area contributed by atoms with E-state index in [1.807, 2.05) is 13.8 Å². The van der Waals surface area contributed by atoms with E-state index in [0.717, 1.165) is 42.4 Å². The molecule has 3 unspecified atom stereocenters. The number of nitrogens with one attached hydrogen (secondary N) is 1. The lowest BCUT2D eigenvalue weighted by Gasteiger charge is -2.42. The molecule has 3 nitrogen and oxygen atoms in total. The van der Waals surface area contributed by atoms with Crippen molar-refractivity contribution in [3.63, 3.8) is 0 Å². The summed E-state index contributed by atoms with van der Waals surface area (Å²) in [5, 5.41) is 3.15. The van der Waals surface area contributed by atoms with Crippen LogP contribution in [0.4, 0.5) is 0 Å². The van der Waals surface area contributed by atoms with Crippen molar-refractivity contribution in [3.8, 4) is 0 Å². The van der Waals surface area contributed by atoms with Gasteiger partial charge in [0.1, 0.15) is 5.92 Å². The van der Waals surface area contributed by atoms with Crippen LogP contribution in [0.15, 0.2) is 12.1 Å². The molecule has 1 saturated heterocycles. The van der Waals surface area contributed by atoms with E-state index < -0.39 is 11.5 Å². The summed E-state index contributed by atoms with van der Waals surface area (Å²) in [6.07, 6.45) is 3.71. The summed E-state index contributed by atoms with van der Waals surface area (Å²) in [6.45, 7) is 12.8. The second kappa shape index (κ2) is 5.96. The first kappa shape index (κ1) is 18.2. The Labute approximate surface area is 151 Å². The van der Waals surface area contributed by atoms with Gasteiger partial charge in [-0.15, -0.1) is 0 Å². The molecule has 1 heterocycles. The van der Waals surface area contributed by atoms with Crippen LogP contribution in [0.25, 0.3) is 0 Å². The lowest BCUT2D eigenvalue weighted by atomic mass is 9.64. The van der Waals surface area contributed by atoms with Gasteiger partial charge in [0.15, 0.2) is 5.78 Å². The quantitative estimate of drug-likeness (QED) is 0.771. The Hall–Kier alpha value is -1.64. The average Bonchev–Trinajstić information content (AvgIpc) is 2.70. The Morgan fingerprint density at radius 2 is 1.68 bits per heavy atom. The largest absolute Gasteiger partial charge is 0.343 e. The summed E-state index contributed by atoms with van der Waals surface area (Å²) >= 11 is 0. The van der Waals surface area contributed by atoms with Crippen molar-refractivity contribution in [3.05, 3.63) is 34.4 Å². The molecule has 3 heteroatoms. The molecule has 3 atom stereocenters. The number of carbonyl (C=O) groups is 2.